The summed E-state index contributed by atoms with van der Waals surface area (Å²) in [5, 5.41) is 12.2. The Labute approximate surface area is 140 Å². The Morgan fingerprint density at radius 3 is 3.04 bits per heavy atom. The van der Waals surface area contributed by atoms with Crippen LogP contribution in [0.3, 0.4) is 0 Å². The summed E-state index contributed by atoms with van der Waals surface area (Å²) in [5.74, 6) is 0.879. The Hall–Kier alpha value is -2.65. The van der Waals surface area contributed by atoms with Crippen molar-refractivity contribution in [1.29, 1.82) is 5.26 Å². The van der Waals surface area contributed by atoms with E-state index in [9.17, 15) is 4.39 Å². The second-order valence-corrected chi connectivity index (χ2v) is 5.84. The van der Waals surface area contributed by atoms with Gasteiger partial charge in [-0.15, -0.1) is 0 Å². The first-order valence-corrected chi connectivity index (χ1v) is 7.92. The lowest BCUT2D eigenvalue weighted by molar-refractivity contribution is 0.288. The Morgan fingerprint density at radius 2 is 2.29 bits per heavy atom. The van der Waals surface area contributed by atoms with Crippen molar-refractivity contribution in [1.82, 2.24) is 10.3 Å². The molecule has 6 heteroatoms. The van der Waals surface area contributed by atoms with Gasteiger partial charge in [-0.2, -0.15) is 10.2 Å². The zero-order valence-corrected chi connectivity index (χ0v) is 13.5. The molecule has 1 aliphatic heterocycles. The summed E-state index contributed by atoms with van der Waals surface area (Å²) < 4.78 is 19.5. The zero-order valence-electron chi connectivity index (χ0n) is 13.5. The number of pyridine rings is 1. The Bertz CT molecular complexity index is 759. The first-order valence-electron chi connectivity index (χ1n) is 7.92. The fourth-order valence-electron chi connectivity index (χ4n) is 2.69. The van der Waals surface area contributed by atoms with Crippen molar-refractivity contribution in [2.24, 2.45) is 0 Å². The third-order valence-electron chi connectivity index (χ3n) is 3.96. The van der Waals surface area contributed by atoms with E-state index < -0.39 is 5.82 Å². The molecule has 24 heavy (non-hydrogen) atoms. The lowest BCUT2D eigenvalue weighted by atomic mass is 10.1. The molecule has 5 nitrogen and oxygen atoms in total. The van der Waals surface area contributed by atoms with Crippen LogP contribution in [0, 0.1) is 17.1 Å². The van der Waals surface area contributed by atoms with Gasteiger partial charge >= 0.3 is 0 Å². The van der Waals surface area contributed by atoms with E-state index in [1.807, 2.05) is 18.2 Å². The van der Waals surface area contributed by atoms with Crippen LogP contribution in [-0.2, 0) is 6.61 Å². The van der Waals surface area contributed by atoms with Crippen molar-refractivity contribution in [2.45, 2.75) is 19.6 Å². The summed E-state index contributed by atoms with van der Waals surface area (Å²) in [7, 11) is 0. The zero-order chi connectivity index (χ0) is 16.9. The van der Waals surface area contributed by atoms with Crippen LogP contribution in [0.5, 0.6) is 5.88 Å². The maximum atomic E-state index is 13.9. The highest BCUT2D eigenvalue weighted by atomic mass is 19.1. The molecular weight excluding hydrogens is 307 g/mol. The SMILES string of the molecule is CC1CN(c2cccc(OCc3ccc(C#N)cc3F)n2)CCN1. The molecule has 0 spiro atoms. The largest absolute Gasteiger partial charge is 0.473 e. The number of anilines is 1. The minimum Gasteiger partial charge on any atom is -0.473 e. The van der Waals surface area contributed by atoms with Gasteiger partial charge in [-0.3, -0.25) is 0 Å². The number of ether oxygens (including phenoxy) is 1. The molecular formula is C18H19FN4O. The van der Waals surface area contributed by atoms with Crippen LogP contribution in [0.2, 0.25) is 0 Å². The van der Waals surface area contributed by atoms with Crippen LogP contribution in [0.25, 0.3) is 0 Å². The molecule has 0 aliphatic carbocycles. The van der Waals surface area contributed by atoms with Crippen LogP contribution in [0.1, 0.15) is 18.1 Å². The molecule has 1 atom stereocenters. The van der Waals surface area contributed by atoms with Gasteiger partial charge in [-0.25, -0.2) is 4.39 Å². The average Bonchev–Trinajstić information content (AvgIpc) is 2.61. The molecule has 1 N–H and O–H groups in total. The highest BCUT2D eigenvalue weighted by Crippen LogP contribution is 2.19. The number of halogens is 1. The summed E-state index contributed by atoms with van der Waals surface area (Å²) in [6.07, 6.45) is 0. The number of nitrogens with zero attached hydrogens (tertiary/aromatic N) is 3. The van der Waals surface area contributed by atoms with Crippen molar-refractivity contribution in [2.75, 3.05) is 24.5 Å². The molecule has 1 aromatic heterocycles. The van der Waals surface area contributed by atoms with E-state index in [0.29, 0.717) is 23.0 Å². The smallest absolute Gasteiger partial charge is 0.215 e. The van der Waals surface area contributed by atoms with Gasteiger partial charge in [-0.1, -0.05) is 12.1 Å². The van der Waals surface area contributed by atoms with Crippen LogP contribution >= 0.6 is 0 Å². The first kappa shape index (κ1) is 16.2. The van der Waals surface area contributed by atoms with E-state index in [4.69, 9.17) is 10.00 Å². The molecule has 0 amide bonds. The molecule has 124 valence electrons. The summed E-state index contributed by atoms with van der Waals surface area (Å²) in [6, 6.07) is 12.3. The van der Waals surface area contributed by atoms with E-state index >= 15 is 0 Å². The molecule has 1 aromatic carbocycles. The normalized spacial score (nSPS) is 17.4. The molecule has 0 radical (unpaired) electrons. The van der Waals surface area contributed by atoms with Gasteiger partial charge in [0, 0.05) is 37.3 Å². The number of piperazine rings is 1. The van der Waals surface area contributed by atoms with Crippen molar-refractivity contribution >= 4 is 5.82 Å². The molecule has 0 bridgehead atoms. The predicted octanol–water partition coefficient (Wildman–Crippen LogP) is 2.47. The maximum Gasteiger partial charge on any atom is 0.215 e. The van der Waals surface area contributed by atoms with E-state index in [1.165, 1.54) is 6.07 Å². The number of rotatable bonds is 4. The standard InChI is InChI=1S/C18H19FN4O/c1-13-11-23(8-7-21-13)17-3-2-4-18(22-17)24-12-15-6-5-14(10-20)9-16(15)19/h2-6,9,13,21H,7-8,11-12H2,1H3. The van der Waals surface area contributed by atoms with Gasteiger partial charge < -0.3 is 15.0 Å². The highest BCUT2D eigenvalue weighted by molar-refractivity contribution is 5.41. The van der Waals surface area contributed by atoms with Crippen LogP contribution in [0.4, 0.5) is 10.2 Å². The number of hydrogen-bond acceptors (Lipinski definition) is 5. The van der Waals surface area contributed by atoms with Gasteiger partial charge in [0.25, 0.3) is 0 Å². The minimum absolute atomic E-state index is 0.0754. The topological polar surface area (TPSA) is 61.2 Å². The third kappa shape index (κ3) is 3.81. The number of benzene rings is 1. The predicted molar refractivity (Wildman–Crippen MR) is 89.4 cm³/mol. The fraction of sp³-hybridized carbons (Fsp3) is 0.333. The number of aromatic nitrogens is 1. The monoisotopic (exact) mass is 326 g/mol. The van der Waals surface area contributed by atoms with Crippen LogP contribution in [-0.4, -0.2) is 30.7 Å². The van der Waals surface area contributed by atoms with Crippen LogP contribution < -0.4 is 15.0 Å². The van der Waals surface area contributed by atoms with Gasteiger partial charge in [-0.05, 0) is 25.1 Å². The van der Waals surface area contributed by atoms with Crippen molar-refractivity contribution in [3.05, 3.63) is 53.3 Å². The Balaban J connectivity index is 1.68. The fourth-order valence-corrected chi connectivity index (χ4v) is 2.69. The molecule has 1 aliphatic rings. The molecule has 0 saturated carbocycles. The summed E-state index contributed by atoms with van der Waals surface area (Å²) >= 11 is 0. The van der Waals surface area contributed by atoms with Gasteiger partial charge in [0.05, 0.1) is 11.6 Å². The minimum atomic E-state index is -0.443. The summed E-state index contributed by atoms with van der Waals surface area (Å²) in [6.45, 7) is 4.92. The first-order chi connectivity index (χ1) is 11.7. The molecule has 3 rings (SSSR count). The summed E-state index contributed by atoms with van der Waals surface area (Å²) in [4.78, 5) is 6.72. The van der Waals surface area contributed by atoms with Gasteiger partial charge in [0.1, 0.15) is 18.2 Å². The molecule has 1 fully saturated rings. The quantitative estimate of drug-likeness (QED) is 0.935. The number of nitriles is 1. The number of hydrogen-bond donors (Lipinski definition) is 1. The highest BCUT2D eigenvalue weighted by Gasteiger charge is 2.17. The van der Waals surface area contributed by atoms with E-state index in [2.05, 4.69) is 22.1 Å². The summed E-state index contributed by atoms with van der Waals surface area (Å²) in [5.41, 5.74) is 0.696. The Morgan fingerprint density at radius 1 is 1.42 bits per heavy atom. The lowest BCUT2D eigenvalue weighted by Gasteiger charge is -2.32. The van der Waals surface area contributed by atoms with Gasteiger partial charge in [0.15, 0.2) is 0 Å². The van der Waals surface area contributed by atoms with Crippen molar-refractivity contribution in [3.63, 3.8) is 0 Å². The van der Waals surface area contributed by atoms with Gasteiger partial charge in [0.2, 0.25) is 5.88 Å². The molecule has 1 unspecified atom stereocenters. The second kappa shape index (κ2) is 7.28. The van der Waals surface area contributed by atoms with E-state index in [-0.39, 0.29) is 6.61 Å². The van der Waals surface area contributed by atoms with Crippen molar-refractivity contribution < 1.29 is 9.13 Å². The third-order valence-corrected chi connectivity index (χ3v) is 3.96. The molecule has 1 saturated heterocycles. The molecule has 2 aromatic rings. The Kier molecular flexibility index (Phi) is 4.92. The number of nitrogens with one attached hydrogen (secondary N) is 1. The van der Waals surface area contributed by atoms with Crippen LogP contribution in [0.15, 0.2) is 36.4 Å². The van der Waals surface area contributed by atoms with Crippen molar-refractivity contribution in [3.8, 4) is 11.9 Å². The maximum absolute atomic E-state index is 13.9. The molecule has 2 heterocycles. The average molecular weight is 326 g/mol. The second-order valence-electron chi connectivity index (χ2n) is 5.84. The lowest BCUT2D eigenvalue weighted by Crippen LogP contribution is -2.49. The van der Waals surface area contributed by atoms with E-state index in [1.54, 1.807) is 18.2 Å². The van der Waals surface area contributed by atoms with E-state index in [0.717, 1.165) is 25.5 Å².